The van der Waals surface area contributed by atoms with Gasteiger partial charge in [0, 0.05) is 0 Å². The normalized spacial score (nSPS) is 12.2. The van der Waals surface area contributed by atoms with Crippen molar-refractivity contribution in [2.45, 2.75) is 32.4 Å². The first-order chi connectivity index (χ1) is 9.60. The van der Waals surface area contributed by atoms with E-state index in [9.17, 15) is 17.6 Å². The minimum atomic E-state index is -1.23. The van der Waals surface area contributed by atoms with Crippen LogP contribution in [0.15, 0.2) is 12.1 Å². The largest absolute Gasteiger partial charge is 0.490 e. The number of halogens is 4. The molecule has 20 heavy (non-hydrogen) atoms. The molecule has 1 aromatic carbocycles. The second-order valence-corrected chi connectivity index (χ2v) is 4.25. The molecule has 0 radical (unpaired) electrons. The lowest BCUT2D eigenvalue weighted by Gasteiger charge is -2.12. The van der Waals surface area contributed by atoms with E-state index in [4.69, 9.17) is 9.47 Å². The van der Waals surface area contributed by atoms with Crippen LogP contribution in [0.3, 0.4) is 0 Å². The third kappa shape index (κ3) is 4.90. The predicted octanol–water partition coefficient (Wildman–Crippen LogP) is 4.22. The van der Waals surface area contributed by atoms with Crippen LogP contribution in [0, 0.1) is 11.6 Å². The maximum atomic E-state index is 13.6. The van der Waals surface area contributed by atoms with E-state index in [2.05, 4.69) is 0 Å². The molecule has 0 aliphatic rings. The van der Waals surface area contributed by atoms with Crippen molar-refractivity contribution >= 4 is 0 Å². The third-order valence-electron chi connectivity index (χ3n) is 2.66. The minimum Gasteiger partial charge on any atom is -0.490 e. The molecular formula is C14H18F4O2. The van der Waals surface area contributed by atoms with E-state index in [-0.39, 0.29) is 31.1 Å². The topological polar surface area (TPSA) is 18.5 Å². The Morgan fingerprint density at radius 1 is 1.05 bits per heavy atom. The Kier molecular flexibility index (Phi) is 7.18. The Labute approximate surface area is 115 Å². The highest BCUT2D eigenvalue weighted by Gasteiger charge is 2.16. The van der Waals surface area contributed by atoms with Gasteiger partial charge in [-0.2, -0.15) is 8.78 Å². The highest BCUT2D eigenvalue weighted by Crippen LogP contribution is 2.28. The first-order valence-corrected chi connectivity index (χ1v) is 6.53. The molecule has 0 saturated carbocycles. The molecule has 0 amide bonds. The second-order valence-electron chi connectivity index (χ2n) is 4.25. The molecule has 114 valence electrons. The SMILES string of the molecule is CCC(F)COc1ccc(OCCCCF)c(F)c1F. The van der Waals surface area contributed by atoms with Crippen LogP contribution < -0.4 is 9.47 Å². The molecule has 0 aliphatic carbocycles. The van der Waals surface area contributed by atoms with Gasteiger partial charge >= 0.3 is 0 Å². The molecule has 1 unspecified atom stereocenters. The summed E-state index contributed by atoms with van der Waals surface area (Å²) in [4.78, 5) is 0. The fourth-order valence-electron chi connectivity index (χ4n) is 1.41. The van der Waals surface area contributed by atoms with E-state index in [0.717, 1.165) is 0 Å². The van der Waals surface area contributed by atoms with Gasteiger partial charge in [0.15, 0.2) is 11.5 Å². The lowest BCUT2D eigenvalue weighted by atomic mass is 10.3. The van der Waals surface area contributed by atoms with Gasteiger partial charge in [-0.25, -0.2) is 4.39 Å². The molecular weight excluding hydrogens is 276 g/mol. The summed E-state index contributed by atoms with van der Waals surface area (Å²) in [6, 6.07) is 2.40. The number of hydrogen-bond acceptors (Lipinski definition) is 2. The van der Waals surface area contributed by atoms with Crippen LogP contribution in [0.1, 0.15) is 26.2 Å². The van der Waals surface area contributed by atoms with Crippen LogP contribution >= 0.6 is 0 Å². The molecule has 1 atom stereocenters. The first kappa shape index (κ1) is 16.6. The highest BCUT2D eigenvalue weighted by atomic mass is 19.2. The van der Waals surface area contributed by atoms with Gasteiger partial charge in [0.05, 0.1) is 13.3 Å². The number of ether oxygens (including phenoxy) is 2. The van der Waals surface area contributed by atoms with Crippen LogP contribution in [-0.2, 0) is 0 Å². The summed E-state index contributed by atoms with van der Waals surface area (Å²) >= 11 is 0. The zero-order valence-corrected chi connectivity index (χ0v) is 11.3. The Hall–Kier alpha value is -1.46. The van der Waals surface area contributed by atoms with Crippen molar-refractivity contribution in [2.24, 2.45) is 0 Å². The summed E-state index contributed by atoms with van der Waals surface area (Å²) in [7, 11) is 0. The average Bonchev–Trinajstić information content (AvgIpc) is 2.46. The van der Waals surface area contributed by atoms with Crippen molar-refractivity contribution in [1.82, 2.24) is 0 Å². The van der Waals surface area contributed by atoms with Gasteiger partial charge in [-0.1, -0.05) is 6.92 Å². The van der Waals surface area contributed by atoms with E-state index in [1.54, 1.807) is 6.92 Å². The summed E-state index contributed by atoms with van der Waals surface area (Å²) in [6.07, 6.45) is -0.273. The van der Waals surface area contributed by atoms with Gasteiger partial charge in [-0.3, -0.25) is 4.39 Å². The molecule has 6 heteroatoms. The summed E-state index contributed by atoms with van der Waals surface area (Å²) in [5, 5.41) is 0. The molecule has 0 spiro atoms. The molecule has 0 saturated heterocycles. The molecule has 0 aliphatic heterocycles. The van der Waals surface area contributed by atoms with Crippen molar-refractivity contribution < 1.29 is 27.0 Å². The lowest BCUT2D eigenvalue weighted by molar-refractivity contribution is 0.184. The van der Waals surface area contributed by atoms with Crippen molar-refractivity contribution in [3.8, 4) is 11.5 Å². The Morgan fingerprint density at radius 3 is 2.20 bits per heavy atom. The lowest BCUT2D eigenvalue weighted by Crippen LogP contribution is -2.12. The van der Waals surface area contributed by atoms with Gasteiger partial charge in [-0.05, 0) is 31.4 Å². The number of benzene rings is 1. The van der Waals surface area contributed by atoms with Crippen molar-refractivity contribution in [1.29, 1.82) is 0 Å². The molecule has 0 aromatic heterocycles. The average molecular weight is 294 g/mol. The number of alkyl halides is 2. The standard InChI is InChI=1S/C14H18F4O2/c1-2-10(16)9-20-12-6-5-11(13(17)14(12)18)19-8-4-3-7-15/h5-6,10H,2-4,7-9H2,1H3. The van der Waals surface area contributed by atoms with E-state index in [1.807, 2.05) is 0 Å². The summed E-state index contributed by atoms with van der Waals surface area (Å²) in [5.41, 5.74) is 0. The van der Waals surface area contributed by atoms with Crippen molar-refractivity contribution in [3.05, 3.63) is 23.8 Å². The molecule has 0 bridgehead atoms. The second kappa shape index (κ2) is 8.66. The Bertz CT molecular complexity index is 412. The highest BCUT2D eigenvalue weighted by molar-refractivity contribution is 5.35. The predicted molar refractivity (Wildman–Crippen MR) is 67.7 cm³/mol. The molecule has 0 heterocycles. The molecule has 0 fully saturated rings. The van der Waals surface area contributed by atoms with E-state index in [1.165, 1.54) is 12.1 Å². The van der Waals surface area contributed by atoms with E-state index < -0.39 is 24.5 Å². The number of hydrogen-bond donors (Lipinski definition) is 0. The van der Waals surface area contributed by atoms with Crippen molar-refractivity contribution in [3.63, 3.8) is 0 Å². The van der Waals surface area contributed by atoms with Gasteiger partial charge in [0.1, 0.15) is 12.8 Å². The van der Waals surface area contributed by atoms with Crippen LogP contribution in [0.5, 0.6) is 11.5 Å². The maximum Gasteiger partial charge on any atom is 0.204 e. The molecule has 1 aromatic rings. The maximum absolute atomic E-state index is 13.6. The fourth-order valence-corrected chi connectivity index (χ4v) is 1.41. The van der Waals surface area contributed by atoms with E-state index in [0.29, 0.717) is 12.8 Å². The molecule has 2 nitrogen and oxygen atoms in total. The third-order valence-corrected chi connectivity index (χ3v) is 2.66. The minimum absolute atomic E-state index is 0.100. The first-order valence-electron chi connectivity index (χ1n) is 6.53. The summed E-state index contributed by atoms with van der Waals surface area (Å²) < 4.78 is 62.0. The van der Waals surface area contributed by atoms with Crippen molar-refractivity contribution in [2.75, 3.05) is 19.9 Å². The summed E-state index contributed by atoms with van der Waals surface area (Å²) in [6.45, 7) is 0.917. The zero-order valence-electron chi connectivity index (χ0n) is 11.3. The van der Waals surface area contributed by atoms with Crippen LogP contribution in [0.4, 0.5) is 17.6 Å². The quantitative estimate of drug-likeness (QED) is 0.501. The van der Waals surface area contributed by atoms with Gasteiger partial charge in [-0.15, -0.1) is 0 Å². The van der Waals surface area contributed by atoms with Gasteiger partial charge in [0.2, 0.25) is 11.6 Å². The van der Waals surface area contributed by atoms with Crippen LogP contribution in [0.25, 0.3) is 0 Å². The number of unbranched alkanes of at least 4 members (excludes halogenated alkanes) is 1. The Morgan fingerprint density at radius 2 is 1.65 bits per heavy atom. The van der Waals surface area contributed by atoms with Gasteiger partial charge in [0.25, 0.3) is 0 Å². The monoisotopic (exact) mass is 294 g/mol. The summed E-state index contributed by atoms with van der Waals surface area (Å²) in [5.74, 6) is -3.01. The molecule has 1 rings (SSSR count). The van der Waals surface area contributed by atoms with Crippen LogP contribution in [-0.4, -0.2) is 26.1 Å². The molecule has 0 N–H and O–H groups in total. The number of rotatable bonds is 9. The Balaban J connectivity index is 2.61. The van der Waals surface area contributed by atoms with Crippen LogP contribution in [0.2, 0.25) is 0 Å². The smallest absolute Gasteiger partial charge is 0.204 e. The van der Waals surface area contributed by atoms with E-state index >= 15 is 0 Å². The zero-order chi connectivity index (χ0) is 15.0. The fraction of sp³-hybridized carbons (Fsp3) is 0.571. The van der Waals surface area contributed by atoms with Gasteiger partial charge < -0.3 is 9.47 Å².